The van der Waals surface area contributed by atoms with Crippen LogP contribution in [-0.4, -0.2) is 50.2 Å². The van der Waals surface area contributed by atoms with Gasteiger partial charge in [-0.2, -0.15) is 0 Å². The fraction of sp³-hybridized carbons (Fsp3) is 0.577. The fourth-order valence-electron chi connectivity index (χ4n) is 6.70. The molecule has 8 heteroatoms. The molecule has 3 aliphatic carbocycles. The molecular formula is C26H32N4O3S. The van der Waals surface area contributed by atoms with Gasteiger partial charge in [0.15, 0.2) is 9.84 Å². The molecule has 7 nitrogen and oxygen atoms in total. The first-order chi connectivity index (χ1) is 16.2. The van der Waals surface area contributed by atoms with Crippen molar-refractivity contribution in [1.82, 2.24) is 15.3 Å². The van der Waals surface area contributed by atoms with Gasteiger partial charge in [-0.1, -0.05) is 12.2 Å². The van der Waals surface area contributed by atoms with Crippen molar-refractivity contribution in [2.24, 2.45) is 29.1 Å². The molecule has 1 aromatic heterocycles. The Hall–Kier alpha value is -2.48. The Morgan fingerprint density at radius 3 is 2.62 bits per heavy atom. The third kappa shape index (κ3) is 3.61. The number of carbonyl (C=O) groups is 1. The molecule has 1 amide bonds. The maximum Gasteiger partial charge on any atom is 0.226 e. The highest BCUT2D eigenvalue weighted by Gasteiger charge is 2.62. The molecule has 4 aliphatic rings. The second-order valence-corrected chi connectivity index (χ2v) is 12.8. The predicted molar refractivity (Wildman–Crippen MR) is 131 cm³/mol. The van der Waals surface area contributed by atoms with Gasteiger partial charge in [0, 0.05) is 37.2 Å². The topological polar surface area (TPSA) is 92.3 Å². The average molecular weight is 481 g/mol. The number of aryl methyl sites for hydroxylation is 1. The lowest BCUT2D eigenvalue weighted by Crippen LogP contribution is -2.42. The normalized spacial score (nSPS) is 27.6. The zero-order chi connectivity index (χ0) is 23.7. The van der Waals surface area contributed by atoms with Gasteiger partial charge in [-0.3, -0.25) is 4.79 Å². The largest absolute Gasteiger partial charge is 0.356 e. The van der Waals surface area contributed by atoms with Crippen LogP contribution in [0, 0.1) is 36.0 Å². The quantitative estimate of drug-likeness (QED) is 0.661. The van der Waals surface area contributed by atoms with Gasteiger partial charge in [0.1, 0.15) is 0 Å². The number of piperidine rings is 1. The van der Waals surface area contributed by atoms with E-state index in [1.165, 1.54) is 25.5 Å². The zero-order valence-corrected chi connectivity index (χ0v) is 20.6. The van der Waals surface area contributed by atoms with E-state index in [4.69, 9.17) is 0 Å². The summed E-state index contributed by atoms with van der Waals surface area (Å²) < 4.78 is 23.9. The van der Waals surface area contributed by atoms with E-state index in [0.717, 1.165) is 49.5 Å². The summed E-state index contributed by atoms with van der Waals surface area (Å²) in [6, 6.07) is 5.01. The van der Waals surface area contributed by atoms with Gasteiger partial charge >= 0.3 is 0 Å². The van der Waals surface area contributed by atoms with Crippen molar-refractivity contribution in [3.8, 4) is 0 Å². The van der Waals surface area contributed by atoms with Crippen molar-refractivity contribution in [2.45, 2.75) is 43.9 Å². The monoisotopic (exact) mass is 480 g/mol. The van der Waals surface area contributed by atoms with Crippen molar-refractivity contribution < 1.29 is 13.2 Å². The van der Waals surface area contributed by atoms with Crippen LogP contribution in [-0.2, 0) is 14.6 Å². The molecule has 6 rings (SSSR count). The average Bonchev–Trinajstić information content (AvgIpc) is 3.49. The number of fused-ring (bicyclic) bond motifs is 1. The molecule has 2 aromatic rings. The van der Waals surface area contributed by atoms with Crippen LogP contribution in [0.5, 0.6) is 0 Å². The van der Waals surface area contributed by atoms with Crippen molar-refractivity contribution in [3.63, 3.8) is 0 Å². The van der Waals surface area contributed by atoms with E-state index in [-0.39, 0.29) is 16.7 Å². The van der Waals surface area contributed by atoms with Crippen LogP contribution in [0.1, 0.15) is 37.8 Å². The molecule has 1 N–H and O–H groups in total. The minimum absolute atomic E-state index is 0.0265. The Morgan fingerprint density at radius 1 is 1.18 bits per heavy atom. The van der Waals surface area contributed by atoms with Gasteiger partial charge in [-0.05, 0) is 80.4 Å². The van der Waals surface area contributed by atoms with Crippen LogP contribution in [0.4, 0.5) is 5.95 Å². The van der Waals surface area contributed by atoms with Crippen molar-refractivity contribution in [3.05, 3.63) is 36.0 Å². The first-order valence-corrected chi connectivity index (χ1v) is 14.3. The summed E-state index contributed by atoms with van der Waals surface area (Å²) in [5, 5.41) is 4.13. The first kappa shape index (κ1) is 22.0. The molecular weight excluding hydrogens is 448 g/mol. The standard InChI is InChI=1S/C26H32N4O3S/c1-16-21-5-4-20(34(2,32)33)14-23(21)29-25(28-16)30-11-7-17(8-12-30)24(31)27-15-18-13-19-3-6-22(18)26(19)9-10-26/h3-6,14,17-19,22H,7-13,15H2,1-2H3,(H,27,31). The Morgan fingerprint density at radius 2 is 1.94 bits per heavy atom. The number of nitrogens with one attached hydrogen (secondary N) is 1. The number of benzene rings is 1. The summed E-state index contributed by atoms with van der Waals surface area (Å²) in [6.45, 7) is 4.16. The van der Waals surface area contributed by atoms with Gasteiger partial charge in [0.2, 0.25) is 11.9 Å². The van der Waals surface area contributed by atoms with Gasteiger partial charge in [-0.25, -0.2) is 18.4 Å². The van der Waals surface area contributed by atoms with E-state index in [2.05, 4.69) is 32.3 Å². The number of hydrogen-bond acceptors (Lipinski definition) is 6. The number of carbonyl (C=O) groups excluding carboxylic acids is 1. The summed E-state index contributed by atoms with van der Waals surface area (Å²) in [7, 11) is -3.30. The Balaban J connectivity index is 1.08. The number of anilines is 1. The summed E-state index contributed by atoms with van der Waals surface area (Å²) in [5.41, 5.74) is 2.03. The summed E-state index contributed by atoms with van der Waals surface area (Å²) in [5.74, 6) is 2.85. The smallest absolute Gasteiger partial charge is 0.226 e. The fourth-order valence-corrected chi connectivity index (χ4v) is 7.34. The Kier molecular flexibility index (Phi) is 5.03. The molecule has 0 radical (unpaired) electrons. The number of sulfone groups is 1. The van der Waals surface area contributed by atoms with E-state index >= 15 is 0 Å². The molecule has 34 heavy (non-hydrogen) atoms. The minimum atomic E-state index is -3.30. The summed E-state index contributed by atoms with van der Waals surface area (Å²) >= 11 is 0. The summed E-state index contributed by atoms with van der Waals surface area (Å²) in [6.07, 6.45) is 11.6. The second kappa shape index (κ2) is 7.77. The third-order valence-electron chi connectivity index (χ3n) is 8.81. The number of hydrogen-bond donors (Lipinski definition) is 1. The number of aromatic nitrogens is 2. The molecule has 3 unspecified atom stereocenters. The van der Waals surface area contributed by atoms with E-state index in [9.17, 15) is 13.2 Å². The molecule has 180 valence electrons. The summed E-state index contributed by atoms with van der Waals surface area (Å²) in [4.78, 5) is 24.6. The highest BCUT2D eigenvalue weighted by molar-refractivity contribution is 7.90. The molecule has 1 saturated heterocycles. The number of allylic oxidation sites excluding steroid dienone is 2. The van der Waals surface area contributed by atoms with Crippen LogP contribution in [0.3, 0.4) is 0 Å². The molecule has 1 aliphatic heterocycles. The number of nitrogens with zero attached hydrogens (tertiary/aromatic N) is 3. The van der Waals surface area contributed by atoms with Gasteiger partial charge in [0.25, 0.3) is 0 Å². The van der Waals surface area contributed by atoms with Crippen LogP contribution >= 0.6 is 0 Å². The lowest BCUT2D eigenvalue weighted by molar-refractivity contribution is -0.125. The molecule has 2 heterocycles. The SMILES string of the molecule is Cc1nc(N2CCC(C(=O)NCC3CC4C=CC3C43CC3)CC2)nc2cc(S(C)(=O)=O)ccc12. The maximum absolute atomic E-state index is 12.9. The zero-order valence-electron chi connectivity index (χ0n) is 19.8. The number of amides is 1. The van der Waals surface area contributed by atoms with Crippen molar-refractivity contribution in [1.29, 1.82) is 0 Å². The predicted octanol–water partition coefficient (Wildman–Crippen LogP) is 3.28. The van der Waals surface area contributed by atoms with E-state index in [1.807, 2.05) is 6.92 Å². The second-order valence-electron chi connectivity index (χ2n) is 10.8. The highest BCUT2D eigenvalue weighted by atomic mass is 32.2. The Labute approximate surface area is 201 Å². The van der Waals surface area contributed by atoms with Crippen LogP contribution in [0.15, 0.2) is 35.2 Å². The highest BCUT2D eigenvalue weighted by Crippen LogP contribution is 2.69. The molecule has 3 fully saturated rings. The van der Waals surface area contributed by atoms with Crippen LogP contribution < -0.4 is 10.2 Å². The number of rotatable bonds is 5. The van der Waals surface area contributed by atoms with Crippen LogP contribution in [0.2, 0.25) is 0 Å². The molecule has 1 aromatic carbocycles. The third-order valence-corrected chi connectivity index (χ3v) is 9.92. The minimum Gasteiger partial charge on any atom is -0.356 e. The van der Waals surface area contributed by atoms with Crippen molar-refractivity contribution in [2.75, 3.05) is 30.8 Å². The van der Waals surface area contributed by atoms with E-state index in [1.54, 1.807) is 18.2 Å². The van der Waals surface area contributed by atoms with Gasteiger partial charge < -0.3 is 10.2 Å². The van der Waals surface area contributed by atoms with Gasteiger partial charge in [-0.15, -0.1) is 0 Å². The molecule has 1 spiro atoms. The lowest BCUT2D eigenvalue weighted by atomic mass is 9.88. The Bertz CT molecular complexity index is 1290. The maximum atomic E-state index is 12.9. The first-order valence-electron chi connectivity index (χ1n) is 12.4. The van der Waals surface area contributed by atoms with E-state index in [0.29, 0.717) is 28.7 Å². The van der Waals surface area contributed by atoms with Crippen molar-refractivity contribution >= 4 is 32.6 Å². The van der Waals surface area contributed by atoms with Crippen LogP contribution in [0.25, 0.3) is 10.9 Å². The van der Waals surface area contributed by atoms with Gasteiger partial charge in [0.05, 0.1) is 16.1 Å². The molecule has 3 atom stereocenters. The lowest BCUT2D eigenvalue weighted by Gasteiger charge is -2.32. The molecule has 2 bridgehead atoms. The molecule has 2 saturated carbocycles. The van der Waals surface area contributed by atoms with E-state index < -0.39 is 9.84 Å².